The van der Waals surface area contributed by atoms with E-state index in [9.17, 15) is 9.59 Å². The normalized spacial score (nSPS) is 17.0. The first kappa shape index (κ1) is 16.3. The molecular formula is C18H17ClN2O3. The molecule has 2 aromatic carbocycles. The summed E-state index contributed by atoms with van der Waals surface area (Å²) in [4.78, 5) is 26.4. The summed E-state index contributed by atoms with van der Waals surface area (Å²) in [5.74, 6) is -0.135. The monoisotopic (exact) mass is 344 g/mol. The van der Waals surface area contributed by atoms with Gasteiger partial charge in [-0.15, -0.1) is 0 Å². The minimum atomic E-state index is -0.432. The topological polar surface area (TPSA) is 58.6 Å². The van der Waals surface area contributed by atoms with Gasteiger partial charge in [0.25, 0.3) is 0 Å². The van der Waals surface area contributed by atoms with Crippen LogP contribution in [0.4, 0.5) is 11.4 Å². The highest BCUT2D eigenvalue weighted by Gasteiger charge is 2.36. The van der Waals surface area contributed by atoms with Crippen LogP contribution in [0.3, 0.4) is 0 Å². The van der Waals surface area contributed by atoms with E-state index in [4.69, 9.17) is 16.3 Å². The van der Waals surface area contributed by atoms with Crippen molar-refractivity contribution in [1.82, 2.24) is 0 Å². The van der Waals surface area contributed by atoms with Crippen LogP contribution < -0.4 is 15.0 Å². The van der Waals surface area contributed by atoms with Crippen molar-refractivity contribution in [3.63, 3.8) is 0 Å². The quantitative estimate of drug-likeness (QED) is 0.925. The molecule has 2 aromatic rings. The zero-order valence-corrected chi connectivity index (χ0v) is 13.9. The van der Waals surface area contributed by atoms with Crippen molar-refractivity contribution < 1.29 is 14.3 Å². The van der Waals surface area contributed by atoms with E-state index < -0.39 is 5.92 Å². The molecule has 1 heterocycles. The van der Waals surface area contributed by atoms with E-state index in [1.165, 1.54) is 0 Å². The van der Waals surface area contributed by atoms with Crippen molar-refractivity contribution >= 4 is 34.8 Å². The summed E-state index contributed by atoms with van der Waals surface area (Å²) >= 11 is 6.06. The Morgan fingerprint density at radius 3 is 2.67 bits per heavy atom. The molecule has 124 valence electrons. The van der Waals surface area contributed by atoms with Crippen molar-refractivity contribution in [2.45, 2.75) is 6.42 Å². The third kappa shape index (κ3) is 3.21. The zero-order chi connectivity index (χ0) is 17.1. The predicted molar refractivity (Wildman–Crippen MR) is 93.5 cm³/mol. The molecule has 0 radical (unpaired) electrons. The average molecular weight is 345 g/mol. The Hall–Kier alpha value is -2.53. The number of carbonyl (C=O) groups excluding carboxylic acids is 2. The lowest BCUT2D eigenvalue weighted by Gasteiger charge is -2.19. The Kier molecular flexibility index (Phi) is 4.71. The van der Waals surface area contributed by atoms with Crippen molar-refractivity contribution in [1.29, 1.82) is 0 Å². The fourth-order valence-corrected chi connectivity index (χ4v) is 2.95. The van der Waals surface area contributed by atoms with Crippen LogP contribution in [0.5, 0.6) is 5.75 Å². The maximum absolute atomic E-state index is 12.5. The average Bonchev–Trinajstić information content (AvgIpc) is 2.98. The smallest absolute Gasteiger partial charge is 0.229 e. The second-order valence-corrected chi connectivity index (χ2v) is 5.95. The molecule has 0 spiro atoms. The standard InChI is InChI=1S/C18H17ClN2O3/c1-24-16-9-5-4-8-15(16)21-11-12(10-17(21)22)18(23)20-14-7-3-2-6-13(14)19/h2-9,12H,10-11H2,1H3,(H,20,23)/t12-/m0/s1. The van der Waals surface area contributed by atoms with Gasteiger partial charge in [0.1, 0.15) is 5.75 Å². The molecule has 1 atom stereocenters. The van der Waals surface area contributed by atoms with Gasteiger partial charge in [-0.2, -0.15) is 0 Å². The van der Waals surface area contributed by atoms with Gasteiger partial charge < -0.3 is 15.0 Å². The lowest BCUT2D eigenvalue weighted by atomic mass is 10.1. The maximum Gasteiger partial charge on any atom is 0.229 e. The van der Waals surface area contributed by atoms with Crippen molar-refractivity contribution in [2.75, 3.05) is 23.9 Å². The number of benzene rings is 2. The van der Waals surface area contributed by atoms with Crippen molar-refractivity contribution in [3.8, 4) is 5.75 Å². The summed E-state index contributed by atoms with van der Waals surface area (Å²) in [5, 5.41) is 3.26. The van der Waals surface area contributed by atoms with Gasteiger partial charge in [-0.05, 0) is 24.3 Å². The first-order chi connectivity index (χ1) is 11.6. The fraction of sp³-hybridized carbons (Fsp3) is 0.222. The van der Waals surface area contributed by atoms with Crippen LogP contribution in [-0.2, 0) is 9.59 Å². The number of carbonyl (C=O) groups is 2. The number of anilines is 2. The van der Waals surface area contributed by atoms with E-state index in [2.05, 4.69) is 5.32 Å². The Morgan fingerprint density at radius 1 is 1.21 bits per heavy atom. The van der Waals surface area contributed by atoms with E-state index in [1.54, 1.807) is 42.3 Å². The van der Waals surface area contributed by atoms with Gasteiger partial charge in [0.05, 0.1) is 29.4 Å². The second-order valence-electron chi connectivity index (χ2n) is 5.55. The predicted octanol–water partition coefficient (Wildman–Crippen LogP) is 3.34. The lowest BCUT2D eigenvalue weighted by molar-refractivity contribution is -0.122. The summed E-state index contributed by atoms with van der Waals surface area (Å²) < 4.78 is 5.30. The van der Waals surface area contributed by atoms with Crippen LogP contribution in [0, 0.1) is 5.92 Å². The molecule has 3 rings (SSSR count). The molecule has 1 fully saturated rings. The van der Waals surface area contributed by atoms with Crippen LogP contribution in [0.15, 0.2) is 48.5 Å². The molecule has 0 aromatic heterocycles. The number of halogens is 1. The van der Waals surface area contributed by atoms with Crippen molar-refractivity contribution in [2.24, 2.45) is 5.92 Å². The number of methoxy groups -OCH3 is 1. The Labute approximate surface area is 145 Å². The zero-order valence-electron chi connectivity index (χ0n) is 13.2. The third-order valence-corrected chi connectivity index (χ3v) is 4.33. The molecule has 0 saturated carbocycles. The van der Waals surface area contributed by atoms with Crippen LogP contribution in [0.25, 0.3) is 0 Å². The van der Waals surface area contributed by atoms with Gasteiger partial charge >= 0.3 is 0 Å². The number of nitrogens with one attached hydrogen (secondary N) is 1. The van der Waals surface area contributed by atoms with Gasteiger partial charge in [-0.1, -0.05) is 35.9 Å². The summed E-state index contributed by atoms with van der Waals surface area (Å²) in [7, 11) is 1.56. The second kappa shape index (κ2) is 6.93. The SMILES string of the molecule is COc1ccccc1N1C[C@@H](C(=O)Nc2ccccc2Cl)CC1=O. The first-order valence-corrected chi connectivity index (χ1v) is 7.96. The minimum Gasteiger partial charge on any atom is -0.495 e. The van der Waals surface area contributed by atoms with Gasteiger partial charge in [-0.25, -0.2) is 0 Å². The van der Waals surface area contributed by atoms with E-state index >= 15 is 0 Å². The van der Waals surface area contributed by atoms with E-state index in [0.29, 0.717) is 28.7 Å². The van der Waals surface area contributed by atoms with Crippen LogP contribution in [-0.4, -0.2) is 25.5 Å². The molecule has 1 aliphatic heterocycles. The minimum absolute atomic E-state index is 0.0983. The summed E-state index contributed by atoms with van der Waals surface area (Å²) in [6.45, 7) is 0.315. The van der Waals surface area contributed by atoms with E-state index in [1.807, 2.05) is 18.2 Å². The number of rotatable bonds is 4. The molecule has 1 saturated heterocycles. The molecule has 1 aliphatic rings. The lowest BCUT2D eigenvalue weighted by Crippen LogP contribution is -2.28. The third-order valence-electron chi connectivity index (χ3n) is 4.00. The van der Waals surface area contributed by atoms with Crippen molar-refractivity contribution in [3.05, 3.63) is 53.6 Å². The molecule has 0 bridgehead atoms. The Balaban J connectivity index is 1.75. The highest BCUT2D eigenvalue weighted by atomic mass is 35.5. The fourth-order valence-electron chi connectivity index (χ4n) is 2.77. The molecule has 5 nitrogen and oxygen atoms in total. The molecule has 0 unspecified atom stereocenters. The molecule has 1 N–H and O–H groups in total. The number of amides is 2. The highest BCUT2D eigenvalue weighted by Crippen LogP contribution is 2.33. The summed E-state index contributed by atoms with van der Waals surface area (Å²) in [6.07, 6.45) is 0.161. The Morgan fingerprint density at radius 2 is 1.92 bits per heavy atom. The number of hydrogen-bond donors (Lipinski definition) is 1. The first-order valence-electron chi connectivity index (χ1n) is 7.59. The molecular weight excluding hydrogens is 328 g/mol. The molecule has 6 heteroatoms. The summed E-state index contributed by atoms with van der Waals surface area (Å²) in [6, 6.07) is 14.3. The highest BCUT2D eigenvalue weighted by molar-refractivity contribution is 6.33. The molecule has 2 amide bonds. The van der Waals surface area contributed by atoms with Gasteiger partial charge in [0.15, 0.2) is 0 Å². The summed E-state index contributed by atoms with van der Waals surface area (Å²) in [5.41, 5.74) is 1.23. The Bertz CT molecular complexity index is 778. The number of nitrogens with zero attached hydrogens (tertiary/aromatic N) is 1. The van der Waals surface area contributed by atoms with Gasteiger partial charge in [0, 0.05) is 13.0 Å². The largest absolute Gasteiger partial charge is 0.495 e. The van der Waals surface area contributed by atoms with Crippen LogP contribution >= 0.6 is 11.6 Å². The number of ether oxygens (including phenoxy) is 1. The van der Waals surface area contributed by atoms with E-state index in [0.717, 1.165) is 0 Å². The van der Waals surface area contributed by atoms with Crippen LogP contribution in [0.1, 0.15) is 6.42 Å². The molecule has 0 aliphatic carbocycles. The molecule has 24 heavy (non-hydrogen) atoms. The maximum atomic E-state index is 12.5. The van der Waals surface area contributed by atoms with Gasteiger partial charge in [-0.3, -0.25) is 9.59 Å². The van der Waals surface area contributed by atoms with E-state index in [-0.39, 0.29) is 18.2 Å². The van der Waals surface area contributed by atoms with Gasteiger partial charge in [0.2, 0.25) is 11.8 Å². The number of para-hydroxylation sites is 3. The van der Waals surface area contributed by atoms with Crippen LogP contribution in [0.2, 0.25) is 5.02 Å². The number of hydrogen-bond acceptors (Lipinski definition) is 3.